The Morgan fingerprint density at radius 2 is 1.66 bits per heavy atom. The summed E-state index contributed by atoms with van der Waals surface area (Å²) in [5.41, 5.74) is -2.04. The van der Waals surface area contributed by atoms with Crippen LogP contribution >= 0.6 is 0 Å². The summed E-state index contributed by atoms with van der Waals surface area (Å²) >= 11 is 0. The number of amides is 3. The molecule has 3 atom stereocenters. The Morgan fingerprint density at radius 1 is 1.05 bits per heavy atom. The number of alkyl halides is 6. The van der Waals surface area contributed by atoms with Crippen molar-refractivity contribution in [3.05, 3.63) is 70.3 Å². The molecular weight excluding hydrogens is 516 g/mol. The van der Waals surface area contributed by atoms with Gasteiger partial charge in [0.15, 0.2) is 0 Å². The van der Waals surface area contributed by atoms with Crippen molar-refractivity contribution in [2.75, 3.05) is 20.1 Å². The van der Waals surface area contributed by atoms with E-state index in [-0.39, 0.29) is 43.3 Å². The standard InChI is InChI=1S/C26H27F6N3O3/c1-15(17-11-18(25(27,28)29)13-19(12-17)26(30,31)32)33(2)24(38)35-10-9-34-21(7-8-22(34)37)23(35)20-6-4-3-5-16(20)14-36/h3-6,11-13,15,21,23,36H,7-10,14H2,1-2H3/t15-,21+,23+/m1/s1. The number of nitrogens with zero attached hydrogens (tertiary/aromatic N) is 3. The van der Waals surface area contributed by atoms with E-state index >= 15 is 0 Å². The molecule has 0 unspecified atom stereocenters. The lowest BCUT2D eigenvalue weighted by atomic mass is 9.90. The highest BCUT2D eigenvalue weighted by Crippen LogP contribution is 2.41. The van der Waals surface area contributed by atoms with Gasteiger partial charge < -0.3 is 19.8 Å². The van der Waals surface area contributed by atoms with Crippen LogP contribution in [0.4, 0.5) is 31.1 Å². The zero-order chi connectivity index (χ0) is 28.0. The third-order valence-corrected chi connectivity index (χ3v) is 7.42. The summed E-state index contributed by atoms with van der Waals surface area (Å²) in [6.07, 6.45) is -9.26. The van der Waals surface area contributed by atoms with Crippen LogP contribution in [0.3, 0.4) is 0 Å². The van der Waals surface area contributed by atoms with Gasteiger partial charge in [-0.15, -0.1) is 0 Å². The number of benzene rings is 2. The highest BCUT2D eigenvalue weighted by atomic mass is 19.4. The van der Waals surface area contributed by atoms with Crippen molar-refractivity contribution in [2.24, 2.45) is 0 Å². The number of piperazine rings is 1. The normalized spacial score (nSPS) is 20.9. The van der Waals surface area contributed by atoms with Gasteiger partial charge in [-0.3, -0.25) is 4.79 Å². The fraction of sp³-hybridized carbons (Fsp3) is 0.462. The first-order valence-electron chi connectivity index (χ1n) is 12.0. The second-order valence-corrected chi connectivity index (χ2v) is 9.60. The number of halogens is 6. The van der Waals surface area contributed by atoms with Gasteiger partial charge in [-0.1, -0.05) is 24.3 Å². The molecule has 0 bridgehead atoms. The van der Waals surface area contributed by atoms with Crippen LogP contribution in [-0.4, -0.2) is 57.9 Å². The van der Waals surface area contributed by atoms with Gasteiger partial charge in [0.2, 0.25) is 5.91 Å². The molecular formula is C26H27F6N3O3. The first-order valence-corrected chi connectivity index (χ1v) is 12.0. The topological polar surface area (TPSA) is 64.1 Å². The first-order chi connectivity index (χ1) is 17.7. The Hall–Kier alpha value is -3.28. The van der Waals surface area contributed by atoms with Gasteiger partial charge >= 0.3 is 18.4 Å². The van der Waals surface area contributed by atoms with E-state index in [2.05, 4.69) is 0 Å². The summed E-state index contributed by atoms with van der Waals surface area (Å²) in [4.78, 5) is 30.5. The molecule has 1 N–H and O–H groups in total. The summed E-state index contributed by atoms with van der Waals surface area (Å²) in [6.45, 7) is 1.40. The molecule has 38 heavy (non-hydrogen) atoms. The third kappa shape index (κ3) is 5.18. The molecule has 0 saturated carbocycles. The van der Waals surface area contributed by atoms with Gasteiger partial charge in [0.1, 0.15) is 0 Å². The zero-order valence-corrected chi connectivity index (χ0v) is 20.7. The average molecular weight is 544 g/mol. The molecule has 2 aromatic rings. The van der Waals surface area contributed by atoms with Crippen LogP contribution in [0.2, 0.25) is 0 Å². The van der Waals surface area contributed by atoms with Crippen LogP contribution in [0.25, 0.3) is 0 Å². The second kappa shape index (κ2) is 10.1. The largest absolute Gasteiger partial charge is 0.416 e. The predicted molar refractivity (Wildman–Crippen MR) is 125 cm³/mol. The minimum atomic E-state index is -5.01. The number of urea groups is 1. The SMILES string of the molecule is C[C@H](c1cc(C(F)(F)F)cc(C(F)(F)F)c1)N(C)C(=O)N1CCN2C(=O)CC[C@H]2[C@@H]1c1ccccc1CO. The number of hydrogen-bond acceptors (Lipinski definition) is 3. The Balaban J connectivity index is 1.71. The average Bonchev–Trinajstić information content (AvgIpc) is 3.26. The van der Waals surface area contributed by atoms with Crippen molar-refractivity contribution in [3.8, 4) is 0 Å². The molecule has 6 nitrogen and oxygen atoms in total. The number of aliphatic hydroxyl groups is 1. The number of rotatable bonds is 4. The van der Waals surface area contributed by atoms with Crippen LogP contribution in [0.1, 0.15) is 59.7 Å². The smallest absolute Gasteiger partial charge is 0.392 e. The number of fused-ring (bicyclic) bond motifs is 1. The second-order valence-electron chi connectivity index (χ2n) is 9.60. The van der Waals surface area contributed by atoms with Gasteiger partial charge in [0.25, 0.3) is 0 Å². The van der Waals surface area contributed by atoms with E-state index in [1.807, 2.05) is 0 Å². The van der Waals surface area contributed by atoms with Crippen LogP contribution < -0.4 is 0 Å². The van der Waals surface area contributed by atoms with E-state index < -0.39 is 41.6 Å². The van der Waals surface area contributed by atoms with Crippen molar-refractivity contribution in [1.82, 2.24) is 14.7 Å². The Kier molecular flexibility index (Phi) is 7.39. The fourth-order valence-corrected chi connectivity index (χ4v) is 5.31. The van der Waals surface area contributed by atoms with Crippen molar-refractivity contribution in [3.63, 3.8) is 0 Å². The summed E-state index contributed by atoms with van der Waals surface area (Å²) in [6, 6.07) is 5.43. The number of carbonyl (C=O) groups excluding carboxylic acids is 2. The van der Waals surface area contributed by atoms with Gasteiger partial charge in [-0.2, -0.15) is 26.3 Å². The van der Waals surface area contributed by atoms with E-state index in [1.54, 1.807) is 29.2 Å². The van der Waals surface area contributed by atoms with E-state index in [1.165, 1.54) is 18.9 Å². The Bertz CT molecular complexity index is 1180. The maximum Gasteiger partial charge on any atom is 0.416 e. The molecule has 2 heterocycles. The summed E-state index contributed by atoms with van der Waals surface area (Å²) in [5, 5.41) is 9.92. The molecule has 2 aromatic carbocycles. The number of carbonyl (C=O) groups is 2. The van der Waals surface area contributed by atoms with E-state index in [0.717, 1.165) is 4.90 Å². The van der Waals surface area contributed by atoms with Crippen LogP contribution in [0.15, 0.2) is 42.5 Å². The molecule has 0 aliphatic carbocycles. The van der Waals surface area contributed by atoms with Crippen molar-refractivity contribution < 1.29 is 41.0 Å². The zero-order valence-electron chi connectivity index (χ0n) is 20.7. The van der Waals surface area contributed by atoms with Crippen LogP contribution in [0.5, 0.6) is 0 Å². The molecule has 0 radical (unpaired) electrons. The lowest BCUT2D eigenvalue weighted by Crippen LogP contribution is -2.57. The van der Waals surface area contributed by atoms with Gasteiger partial charge in [0, 0.05) is 26.6 Å². The summed E-state index contributed by atoms with van der Waals surface area (Å²) < 4.78 is 80.4. The van der Waals surface area contributed by atoms with Crippen molar-refractivity contribution >= 4 is 11.9 Å². The lowest BCUT2D eigenvalue weighted by molar-refractivity contribution is -0.143. The molecule has 2 aliphatic rings. The summed E-state index contributed by atoms with van der Waals surface area (Å²) in [7, 11) is 1.32. The fourth-order valence-electron chi connectivity index (χ4n) is 5.31. The highest BCUT2D eigenvalue weighted by Gasteiger charge is 2.46. The Labute approximate surface area is 215 Å². The van der Waals surface area contributed by atoms with E-state index in [9.17, 15) is 41.0 Å². The van der Waals surface area contributed by atoms with Crippen molar-refractivity contribution in [2.45, 2.75) is 56.9 Å². The molecule has 0 spiro atoms. The molecule has 2 aliphatic heterocycles. The quantitative estimate of drug-likeness (QED) is 0.527. The lowest BCUT2D eigenvalue weighted by Gasteiger charge is -2.47. The van der Waals surface area contributed by atoms with Gasteiger partial charge in [-0.25, -0.2) is 4.79 Å². The molecule has 206 valence electrons. The third-order valence-electron chi connectivity index (χ3n) is 7.42. The maximum absolute atomic E-state index is 13.8. The number of aliphatic hydroxyl groups excluding tert-OH is 1. The Morgan fingerprint density at radius 3 is 2.24 bits per heavy atom. The minimum absolute atomic E-state index is 0.0518. The van der Waals surface area contributed by atoms with Crippen LogP contribution in [0, 0.1) is 0 Å². The molecule has 12 heteroatoms. The number of hydrogen-bond donors (Lipinski definition) is 1. The van der Waals surface area contributed by atoms with E-state index in [0.29, 0.717) is 36.1 Å². The molecule has 2 fully saturated rings. The van der Waals surface area contributed by atoms with Crippen LogP contribution in [-0.2, 0) is 23.8 Å². The van der Waals surface area contributed by atoms with Gasteiger partial charge in [0.05, 0.1) is 35.9 Å². The minimum Gasteiger partial charge on any atom is -0.392 e. The van der Waals surface area contributed by atoms with E-state index in [4.69, 9.17) is 0 Å². The maximum atomic E-state index is 13.8. The highest BCUT2D eigenvalue weighted by molar-refractivity contribution is 5.81. The molecule has 2 saturated heterocycles. The van der Waals surface area contributed by atoms with Crippen molar-refractivity contribution in [1.29, 1.82) is 0 Å². The predicted octanol–water partition coefficient (Wildman–Crippen LogP) is 5.38. The first kappa shape index (κ1) is 27.7. The molecule has 4 rings (SSSR count). The molecule has 3 amide bonds. The van der Waals surface area contributed by atoms with Gasteiger partial charge in [-0.05, 0) is 48.2 Å². The monoisotopic (exact) mass is 543 g/mol. The molecule has 0 aromatic heterocycles. The summed E-state index contributed by atoms with van der Waals surface area (Å²) in [5.74, 6) is -0.0565.